The van der Waals surface area contributed by atoms with Crippen molar-refractivity contribution in [2.75, 3.05) is 30.3 Å². The summed E-state index contributed by atoms with van der Waals surface area (Å²) in [5.41, 5.74) is 3.42. The number of aliphatic imine (C=N–C) groups is 1. The molecule has 34 heavy (non-hydrogen) atoms. The van der Waals surface area contributed by atoms with Crippen molar-refractivity contribution in [2.24, 2.45) is 4.99 Å². The molecule has 9 heteroatoms. The highest BCUT2D eigenvalue weighted by Crippen LogP contribution is 2.27. The van der Waals surface area contributed by atoms with E-state index in [0.29, 0.717) is 36.3 Å². The van der Waals surface area contributed by atoms with Gasteiger partial charge in [-0.05, 0) is 48.4 Å². The van der Waals surface area contributed by atoms with Gasteiger partial charge in [-0.1, -0.05) is 41.9 Å². The summed E-state index contributed by atoms with van der Waals surface area (Å²) >= 11 is 5.97. The molecule has 1 fully saturated rings. The number of nitrogens with one attached hydrogen (secondary N) is 2. The van der Waals surface area contributed by atoms with Crippen molar-refractivity contribution in [1.82, 2.24) is 14.8 Å². The molecule has 1 aromatic heterocycles. The second kappa shape index (κ2) is 10.7. The van der Waals surface area contributed by atoms with E-state index in [9.17, 15) is 10.1 Å². The van der Waals surface area contributed by atoms with Gasteiger partial charge in [-0.3, -0.25) is 4.98 Å². The minimum absolute atomic E-state index is 0.203. The Labute approximate surface area is 203 Å². The predicted molar refractivity (Wildman–Crippen MR) is 134 cm³/mol. The van der Waals surface area contributed by atoms with E-state index >= 15 is 0 Å². The van der Waals surface area contributed by atoms with Crippen LogP contribution in [0.25, 0.3) is 0 Å². The number of halogens is 1. The molecule has 1 unspecified atom stereocenters. The van der Waals surface area contributed by atoms with E-state index in [1.807, 2.05) is 54.4 Å². The molecule has 0 aliphatic carbocycles. The molecular weight excluding hydrogens is 450 g/mol. The van der Waals surface area contributed by atoms with Gasteiger partial charge in [-0.2, -0.15) is 5.26 Å². The molecule has 2 N–H and O–H groups in total. The third-order valence-corrected chi connectivity index (χ3v) is 5.91. The minimum atomic E-state index is -0.247. The zero-order valence-corrected chi connectivity index (χ0v) is 19.4. The molecule has 1 atom stereocenters. The number of nitrogens with zero attached hydrogens (tertiary/aromatic N) is 5. The maximum atomic E-state index is 13.2. The number of pyridine rings is 1. The van der Waals surface area contributed by atoms with E-state index in [2.05, 4.69) is 20.6 Å². The van der Waals surface area contributed by atoms with Crippen LogP contribution in [0.5, 0.6) is 0 Å². The number of aromatic nitrogens is 1. The third kappa shape index (κ3) is 5.45. The van der Waals surface area contributed by atoms with Gasteiger partial charge in [0.25, 0.3) is 0 Å². The van der Waals surface area contributed by atoms with Gasteiger partial charge in [-0.15, -0.1) is 4.99 Å². The van der Waals surface area contributed by atoms with Crippen LogP contribution >= 0.6 is 11.6 Å². The number of hydrogen-bond donors (Lipinski definition) is 2. The number of rotatable bonds is 3. The summed E-state index contributed by atoms with van der Waals surface area (Å²) in [5.74, 6) is 0.428. The quantitative estimate of drug-likeness (QED) is 0.321. The summed E-state index contributed by atoms with van der Waals surface area (Å²) in [6.45, 7) is 3.37. The highest BCUT2D eigenvalue weighted by Gasteiger charge is 2.33. The lowest BCUT2D eigenvalue weighted by Gasteiger charge is -2.42. The second-order valence-corrected chi connectivity index (χ2v) is 8.29. The Hall–Kier alpha value is -4.09. The maximum Gasteiger partial charge on any atom is 0.322 e. The van der Waals surface area contributed by atoms with Crippen molar-refractivity contribution >= 4 is 35.0 Å². The van der Waals surface area contributed by atoms with Crippen LogP contribution in [0.3, 0.4) is 0 Å². The van der Waals surface area contributed by atoms with Gasteiger partial charge in [0.2, 0.25) is 12.2 Å². The van der Waals surface area contributed by atoms with Crippen LogP contribution in [0, 0.1) is 18.4 Å². The lowest BCUT2D eigenvalue weighted by Crippen LogP contribution is -2.54. The molecule has 3 aromatic rings. The Morgan fingerprint density at radius 3 is 2.59 bits per heavy atom. The first kappa shape index (κ1) is 23.1. The van der Waals surface area contributed by atoms with Crippen molar-refractivity contribution in [1.29, 1.82) is 5.26 Å². The maximum absolute atomic E-state index is 13.2. The number of aryl methyl sites for hydroxylation is 1. The normalized spacial score (nSPS) is 16.0. The van der Waals surface area contributed by atoms with Crippen molar-refractivity contribution in [2.45, 2.75) is 13.0 Å². The largest absolute Gasteiger partial charge is 0.338 e. The average molecular weight is 474 g/mol. The van der Waals surface area contributed by atoms with Crippen LogP contribution in [0.15, 0.2) is 78.0 Å². The van der Waals surface area contributed by atoms with E-state index in [1.54, 1.807) is 41.6 Å². The number of anilines is 2. The second-order valence-electron chi connectivity index (χ2n) is 7.85. The van der Waals surface area contributed by atoms with Crippen molar-refractivity contribution in [3.05, 3.63) is 89.2 Å². The van der Waals surface area contributed by atoms with Crippen LogP contribution in [0.1, 0.15) is 17.2 Å². The Morgan fingerprint density at radius 1 is 1.12 bits per heavy atom. The van der Waals surface area contributed by atoms with Crippen LogP contribution in [-0.2, 0) is 0 Å². The Bertz CT molecular complexity index is 1210. The van der Waals surface area contributed by atoms with Crippen LogP contribution < -0.4 is 10.6 Å². The van der Waals surface area contributed by atoms with E-state index < -0.39 is 0 Å². The standard InChI is InChI=1S/C25H24ClN7O/c1-18-11-12-28-15-22(18)31-24(29-17-27)32-13-14-33(23(16-32)19-5-3-2-4-6-19)25(34)30-21-9-7-20(26)8-10-21/h2-12,15,23H,13-14,16H2,1H3,(H,29,31)(H,30,34). The Morgan fingerprint density at radius 2 is 1.88 bits per heavy atom. The first-order valence-corrected chi connectivity index (χ1v) is 11.2. The molecule has 172 valence electrons. The molecule has 2 aromatic carbocycles. The Kier molecular flexibility index (Phi) is 7.25. The van der Waals surface area contributed by atoms with Gasteiger partial charge < -0.3 is 20.4 Å². The molecule has 2 heterocycles. The summed E-state index contributed by atoms with van der Waals surface area (Å²) in [7, 11) is 0. The van der Waals surface area contributed by atoms with Gasteiger partial charge >= 0.3 is 6.03 Å². The summed E-state index contributed by atoms with van der Waals surface area (Å²) in [5, 5.41) is 16.1. The number of nitriles is 1. The van der Waals surface area contributed by atoms with Crippen LogP contribution in [0.4, 0.5) is 16.2 Å². The fourth-order valence-corrected chi connectivity index (χ4v) is 3.97. The fraction of sp³-hybridized carbons (Fsp3) is 0.200. The summed E-state index contributed by atoms with van der Waals surface area (Å²) in [6, 6.07) is 18.3. The molecule has 2 amide bonds. The highest BCUT2D eigenvalue weighted by molar-refractivity contribution is 6.30. The lowest BCUT2D eigenvalue weighted by atomic mass is 10.0. The minimum Gasteiger partial charge on any atom is -0.338 e. The lowest BCUT2D eigenvalue weighted by molar-refractivity contribution is 0.136. The van der Waals surface area contributed by atoms with Crippen molar-refractivity contribution in [3.63, 3.8) is 0 Å². The smallest absolute Gasteiger partial charge is 0.322 e. The van der Waals surface area contributed by atoms with Gasteiger partial charge in [0, 0.05) is 36.5 Å². The van der Waals surface area contributed by atoms with Gasteiger partial charge in [-0.25, -0.2) is 4.79 Å². The van der Waals surface area contributed by atoms with Crippen LogP contribution in [-0.4, -0.2) is 46.4 Å². The van der Waals surface area contributed by atoms with Crippen molar-refractivity contribution in [3.8, 4) is 6.19 Å². The molecule has 0 bridgehead atoms. The zero-order chi connectivity index (χ0) is 23.9. The highest BCUT2D eigenvalue weighted by atomic mass is 35.5. The molecule has 4 rings (SSSR count). The summed E-state index contributed by atoms with van der Waals surface area (Å²) in [4.78, 5) is 25.2. The van der Waals surface area contributed by atoms with E-state index in [0.717, 1.165) is 16.8 Å². The fourth-order valence-electron chi connectivity index (χ4n) is 3.85. The number of piperazine rings is 1. The topological polar surface area (TPSA) is 96.7 Å². The number of guanidine groups is 1. The number of amides is 2. The summed E-state index contributed by atoms with van der Waals surface area (Å²) < 4.78 is 0. The number of urea groups is 1. The third-order valence-electron chi connectivity index (χ3n) is 5.66. The number of hydrogen-bond acceptors (Lipinski definition) is 4. The predicted octanol–water partition coefficient (Wildman–Crippen LogP) is 4.88. The number of benzene rings is 2. The SMILES string of the molecule is Cc1ccncc1N/C(=N/C#N)N1CCN(C(=O)Nc2ccc(Cl)cc2)C(c2ccccc2)C1. The first-order valence-electron chi connectivity index (χ1n) is 10.8. The van der Waals surface area contributed by atoms with Gasteiger partial charge in [0.1, 0.15) is 0 Å². The molecule has 1 saturated heterocycles. The molecule has 8 nitrogen and oxygen atoms in total. The van der Waals surface area contributed by atoms with E-state index in [1.165, 1.54) is 0 Å². The van der Waals surface area contributed by atoms with Gasteiger partial charge in [0.15, 0.2) is 0 Å². The monoisotopic (exact) mass is 473 g/mol. The van der Waals surface area contributed by atoms with E-state index in [4.69, 9.17) is 11.6 Å². The molecule has 0 radical (unpaired) electrons. The molecule has 0 saturated carbocycles. The average Bonchev–Trinajstić information content (AvgIpc) is 2.86. The zero-order valence-electron chi connectivity index (χ0n) is 18.6. The van der Waals surface area contributed by atoms with Crippen LogP contribution in [0.2, 0.25) is 5.02 Å². The number of carbonyl (C=O) groups is 1. The molecular formula is C25H24ClN7O. The molecule has 0 spiro atoms. The summed E-state index contributed by atoms with van der Waals surface area (Å²) in [6.07, 6.45) is 5.30. The number of carbonyl (C=O) groups excluding carboxylic acids is 1. The van der Waals surface area contributed by atoms with Gasteiger partial charge in [0.05, 0.1) is 17.9 Å². The molecule has 1 aliphatic heterocycles. The Balaban J connectivity index is 1.57. The van der Waals surface area contributed by atoms with E-state index in [-0.39, 0.29) is 12.1 Å². The molecule has 1 aliphatic rings. The first-order chi connectivity index (χ1) is 16.5. The van der Waals surface area contributed by atoms with Crippen molar-refractivity contribution < 1.29 is 4.79 Å².